The smallest absolute Gasteiger partial charge is 0.304 e. The highest BCUT2D eigenvalue weighted by Crippen LogP contribution is 2.23. The second-order valence-electron chi connectivity index (χ2n) is 9.77. The molecule has 1 atom stereocenters. The van der Waals surface area contributed by atoms with E-state index in [0.29, 0.717) is 17.9 Å². The zero-order chi connectivity index (χ0) is 27.7. The van der Waals surface area contributed by atoms with Gasteiger partial charge in [0, 0.05) is 26.7 Å². The molecule has 0 heterocycles. The second kappa shape index (κ2) is 13.6. The van der Waals surface area contributed by atoms with E-state index in [-0.39, 0.29) is 18.5 Å². The van der Waals surface area contributed by atoms with Gasteiger partial charge in [-0.1, -0.05) is 56.5 Å². The van der Waals surface area contributed by atoms with Crippen molar-refractivity contribution in [1.82, 2.24) is 14.5 Å². The van der Waals surface area contributed by atoms with Crippen LogP contribution in [0.4, 0.5) is 5.69 Å². The Balaban J connectivity index is 1.93. The number of nitrogens with zero attached hydrogens (tertiary/aromatic N) is 3. The summed E-state index contributed by atoms with van der Waals surface area (Å²) in [7, 11) is 0.460. The molecule has 208 valence electrons. The average molecular weight is 545 g/mol. The van der Waals surface area contributed by atoms with Crippen molar-refractivity contribution < 1.29 is 22.7 Å². The van der Waals surface area contributed by atoms with Crippen LogP contribution in [-0.4, -0.2) is 69.3 Å². The van der Waals surface area contributed by atoms with E-state index in [1.807, 2.05) is 19.1 Å². The van der Waals surface area contributed by atoms with Crippen LogP contribution >= 0.6 is 0 Å². The van der Waals surface area contributed by atoms with Crippen molar-refractivity contribution >= 4 is 27.7 Å². The molecule has 0 unspecified atom stereocenters. The summed E-state index contributed by atoms with van der Waals surface area (Å²) in [6.45, 7) is 1.59. The number of nitrogens with one attached hydrogen (secondary N) is 1. The number of carbonyl (C=O) groups is 2. The lowest BCUT2D eigenvalue weighted by molar-refractivity contribution is -0.140. The Kier molecular flexibility index (Phi) is 10.6. The normalized spacial score (nSPS) is 15.1. The number of methoxy groups -OCH3 is 1. The van der Waals surface area contributed by atoms with Crippen LogP contribution in [-0.2, 0) is 26.3 Å². The fourth-order valence-corrected chi connectivity index (χ4v) is 5.76. The highest BCUT2D eigenvalue weighted by atomic mass is 32.2. The predicted molar refractivity (Wildman–Crippen MR) is 149 cm³/mol. The van der Waals surface area contributed by atoms with Crippen LogP contribution in [0.1, 0.15) is 51.0 Å². The Morgan fingerprint density at radius 3 is 2.18 bits per heavy atom. The molecule has 0 bridgehead atoms. The summed E-state index contributed by atoms with van der Waals surface area (Å²) in [6, 6.07) is 15.2. The Bertz CT molecular complexity index is 1150. The summed E-state index contributed by atoms with van der Waals surface area (Å²) in [5.74, 6) is 0.0183. The van der Waals surface area contributed by atoms with E-state index in [9.17, 15) is 18.0 Å². The number of hydrogen-bond acceptors (Lipinski definition) is 5. The lowest BCUT2D eigenvalue weighted by atomic mass is 9.95. The first kappa shape index (κ1) is 29.4. The van der Waals surface area contributed by atoms with Crippen LogP contribution in [0.25, 0.3) is 0 Å². The molecule has 10 heteroatoms. The number of ether oxygens (including phenoxy) is 1. The Morgan fingerprint density at radius 1 is 1.00 bits per heavy atom. The number of amides is 2. The van der Waals surface area contributed by atoms with Gasteiger partial charge in [-0.15, -0.1) is 0 Å². The summed E-state index contributed by atoms with van der Waals surface area (Å²) in [4.78, 5) is 28.9. The lowest BCUT2D eigenvalue weighted by Crippen LogP contribution is -2.54. The molecule has 9 nitrogen and oxygen atoms in total. The van der Waals surface area contributed by atoms with Crippen molar-refractivity contribution in [3.8, 4) is 5.75 Å². The molecular formula is C28H40N4O5S. The summed E-state index contributed by atoms with van der Waals surface area (Å²) >= 11 is 0. The molecule has 0 aromatic heterocycles. The van der Waals surface area contributed by atoms with Crippen LogP contribution in [0, 0.1) is 0 Å². The van der Waals surface area contributed by atoms with E-state index in [1.165, 1.54) is 25.4 Å². The first-order valence-electron chi connectivity index (χ1n) is 13.1. The molecule has 0 aliphatic heterocycles. The number of rotatable bonds is 12. The summed E-state index contributed by atoms with van der Waals surface area (Å²) < 4.78 is 33.9. The SMILES string of the molecule is CC[C@@H](C(=O)NC1CCCCC1)N(Cc1ccc(OC)cc1)C(=O)CN(c1ccccc1)S(=O)(=O)N(C)C. The molecule has 38 heavy (non-hydrogen) atoms. The Labute approximate surface area is 226 Å². The minimum Gasteiger partial charge on any atom is -0.497 e. The predicted octanol–water partition coefficient (Wildman–Crippen LogP) is 3.56. The Morgan fingerprint density at radius 2 is 1.63 bits per heavy atom. The maximum atomic E-state index is 13.9. The van der Waals surface area contributed by atoms with Crippen LogP contribution in [0.5, 0.6) is 5.75 Å². The van der Waals surface area contributed by atoms with Crippen molar-refractivity contribution in [2.45, 2.75) is 64.1 Å². The van der Waals surface area contributed by atoms with Gasteiger partial charge in [0.15, 0.2) is 0 Å². The molecule has 0 spiro atoms. The van der Waals surface area contributed by atoms with Gasteiger partial charge in [-0.2, -0.15) is 12.7 Å². The van der Waals surface area contributed by atoms with E-state index in [2.05, 4.69) is 5.32 Å². The fourth-order valence-electron chi connectivity index (χ4n) is 4.70. The van der Waals surface area contributed by atoms with Crippen LogP contribution in [0.2, 0.25) is 0 Å². The number of anilines is 1. The molecule has 2 amide bonds. The number of para-hydroxylation sites is 1. The van der Waals surface area contributed by atoms with Gasteiger partial charge < -0.3 is 15.0 Å². The molecule has 0 radical (unpaired) electrons. The molecule has 1 N–H and O–H groups in total. The topological polar surface area (TPSA) is 99.3 Å². The van der Waals surface area contributed by atoms with Crippen molar-refractivity contribution in [2.75, 3.05) is 32.1 Å². The van der Waals surface area contributed by atoms with Gasteiger partial charge in [0.05, 0.1) is 12.8 Å². The highest BCUT2D eigenvalue weighted by Gasteiger charge is 2.34. The molecular weight excluding hydrogens is 504 g/mol. The number of carbonyl (C=O) groups excluding carboxylic acids is 2. The molecule has 1 saturated carbocycles. The average Bonchev–Trinajstić information content (AvgIpc) is 2.92. The van der Waals surface area contributed by atoms with E-state index < -0.39 is 28.7 Å². The van der Waals surface area contributed by atoms with Gasteiger partial charge >= 0.3 is 10.2 Å². The second-order valence-corrected chi connectivity index (χ2v) is 11.8. The minimum atomic E-state index is -3.98. The van der Waals surface area contributed by atoms with Crippen molar-refractivity contribution in [3.63, 3.8) is 0 Å². The van der Waals surface area contributed by atoms with E-state index in [0.717, 1.165) is 39.9 Å². The maximum absolute atomic E-state index is 13.9. The lowest BCUT2D eigenvalue weighted by Gasteiger charge is -2.35. The third-order valence-electron chi connectivity index (χ3n) is 6.91. The van der Waals surface area contributed by atoms with Gasteiger partial charge in [-0.3, -0.25) is 9.59 Å². The van der Waals surface area contributed by atoms with Gasteiger partial charge in [-0.25, -0.2) is 4.31 Å². The standard InChI is InChI=1S/C28H40N4O5S/c1-5-26(28(34)29-23-12-8-6-9-13-23)31(20-22-16-18-25(37-4)19-17-22)27(33)21-32(38(35,36)30(2)3)24-14-10-7-11-15-24/h7,10-11,14-19,23,26H,5-6,8-9,12-13,20-21H2,1-4H3,(H,29,34)/t26-/m0/s1. The van der Waals surface area contributed by atoms with Crippen LogP contribution in [0.15, 0.2) is 54.6 Å². The van der Waals surface area contributed by atoms with E-state index >= 15 is 0 Å². The van der Waals surface area contributed by atoms with Gasteiger partial charge in [0.1, 0.15) is 18.3 Å². The molecule has 3 rings (SSSR count). The molecule has 1 aliphatic rings. The van der Waals surface area contributed by atoms with Gasteiger partial charge in [0.2, 0.25) is 11.8 Å². The number of benzene rings is 2. The first-order chi connectivity index (χ1) is 18.2. The summed E-state index contributed by atoms with van der Waals surface area (Å²) in [6.07, 6.45) is 5.57. The third kappa shape index (κ3) is 7.48. The zero-order valence-electron chi connectivity index (χ0n) is 22.8. The monoisotopic (exact) mass is 544 g/mol. The van der Waals surface area contributed by atoms with E-state index in [4.69, 9.17) is 4.74 Å². The summed E-state index contributed by atoms with van der Waals surface area (Å²) in [5, 5.41) is 3.15. The third-order valence-corrected chi connectivity index (χ3v) is 8.73. The molecule has 2 aromatic carbocycles. The van der Waals surface area contributed by atoms with Crippen molar-refractivity contribution in [3.05, 3.63) is 60.2 Å². The quantitative estimate of drug-likeness (QED) is 0.441. The molecule has 1 aliphatic carbocycles. The van der Waals surface area contributed by atoms with Crippen molar-refractivity contribution in [1.29, 1.82) is 0 Å². The van der Waals surface area contributed by atoms with Crippen molar-refractivity contribution in [2.24, 2.45) is 0 Å². The molecule has 2 aromatic rings. The Hall–Kier alpha value is -3.11. The fraction of sp³-hybridized carbons (Fsp3) is 0.500. The van der Waals surface area contributed by atoms with Gasteiger partial charge in [-0.05, 0) is 49.1 Å². The summed E-state index contributed by atoms with van der Waals surface area (Å²) in [5.41, 5.74) is 1.18. The largest absolute Gasteiger partial charge is 0.497 e. The first-order valence-corrected chi connectivity index (χ1v) is 14.5. The highest BCUT2D eigenvalue weighted by molar-refractivity contribution is 7.90. The van der Waals surface area contributed by atoms with Crippen LogP contribution in [0.3, 0.4) is 0 Å². The zero-order valence-corrected chi connectivity index (χ0v) is 23.6. The van der Waals surface area contributed by atoms with Gasteiger partial charge in [0.25, 0.3) is 0 Å². The van der Waals surface area contributed by atoms with Crippen LogP contribution < -0.4 is 14.4 Å². The maximum Gasteiger partial charge on any atom is 0.304 e. The minimum absolute atomic E-state index is 0.0955. The molecule has 0 saturated heterocycles. The number of hydrogen-bond donors (Lipinski definition) is 1. The molecule has 1 fully saturated rings. The van der Waals surface area contributed by atoms with E-state index in [1.54, 1.807) is 49.6 Å².